The van der Waals surface area contributed by atoms with E-state index in [1.165, 1.54) is 4.40 Å². The molecule has 6 nitrogen and oxygen atoms in total. The fourth-order valence-electron chi connectivity index (χ4n) is 3.68. The van der Waals surface area contributed by atoms with Gasteiger partial charge in [0.25, 0.3) is 5.91 Å². The minimum absolute atomic E-state index is 0.0819. The molecule has 0 radical (unpaired) electrons. The van der Waals surface area contributed by atoms with E-state index in [-0.39, 0.29) is 17.6 Å². The summed E-state index contributed by atoms with van der Waals surface area (Å²) in [5, 5.41) is 4.22. The third-order valence-electron chi connectivity index (χ3n) is 5.05. The summed E-state index contributed by atoms with van der Waals surface area (Å²) < 4.78 is 18.0. The number of carbonyl (C=O) groups is 1. The lowest BCUT2D eigenvalue weighted by Crippen LogP contribution is -2.44. The fraction of sp³-hybridized carbons (Fsp3) is 0.421. The monoisotopic (exact) mass is 355 g/mol. The van der Waals surface area contributed by atoms with Crippen LogP contribution in [0.5, 0.6) is 0 Å². The number of aromatic nitrogens is 4. The number of hydrogen-bond donors (Lipinski definition) is 0. The maximum absolute atomic E-state index is 14.8. The molecule has 1 aliphatic rings. The number of nitrogens with zero attached hydrogens (tertiary/aromatic N) is 5. The first kappa shape index (κ1) is 16.8. The first-order chi connectivity index (χ1) is 12.6. The van der Waals surface area contributed by atoms with Crippen LogP contribution in [0, 0.1) is 12.9 Å². The molecular weight excluding hydrogens is 333 g/mol. The topological polar surface area (TPSA) is 55.4 Å². The van der Waals surface area contributed by atoms with Crippen LogP contribution in [0.25, 0.3) is 5.65 Å². The molecule has 26 heavy (non-hydrogen) atoms. The van der Waals surface area contributed by atoms with Crippen molar-refractivity contribution < 1.29 is 9.18 Å². The Balaban J connectivity index is 1.57. The Hall–Kier alpha value is -2.70. The zero-order chi connectivity index (χ0) is 18.1. The molecule has 3 aromatic rings. The number of amides is 1. The van der Waals surface area contributed by atoms with E-state index in [0.29, 0.717) is 12.2 Å². The summed E-state index contributed by atoms with van der Waals surface area (Å²) in [6, 6.07) is 5.58. The van der Waals surface area contributed by atoms with Gasteiger partial charge in [0.15, 0.2) is 5.69 Å². The maximum atomic E-state index is 14.8. The molecule has 1 amide bonds. The van der Waals surface area contributed by atoms with E-state index in [0.717, 1.165) is 37.8 Å². The summed E-state index contributed by atoms with van der Waals surface area (Å²) in [6.45, 7) is 3.28. The molecule has 7 heteroatoms. The molecule has 1 saturated heterocycles. The lowest BCUT2D eigenvalue weighted by atomic mass is 9.99. The van der Waals surface area contributed by atoms with Crippen molar-refractivity contribution in [2.75, 3.05) is 6.54 Å². The molecule has 0 saturated carbocycles. The van der Waals surface area contributed by atoms with Gasteiger partial charge in [-0.3, -0.25) is 13.9 Å². The summed E-state index contributed by atoms with van der Waals surface area (Å²) >= 11 is 0. The van der Waals surface area contributed by atoms with E-state index in [2.05, 4.69) is 10.1 Å². The Kier molecular flexibility index (Phi) is 4.44. The number of piperidine rings is 1. The van der Waals surface area contributed by atoms with Gasteiger partial charge in [-0.1, -0.05) is 6.07 Å². The molecule has 1 atom stereocenters. The molecule has 1 fully saturated rings. The van der Waals surface area contributed by atoms with Crippen LogP contribution >= 0.6 is 0 Å². The zero-order valence-corrected chi connectivity index (χ0v) is 14.8. The Morgan fingerprint density at radius 2 is 2.23 bits per heavy atom. The van der Waals surface area contributed by atoms with Crippen LogP contribution in [0.15, 0.2) is 36.8 Å². The number of halogens is 1. The highest BCUT2D eigenvalue weighted by Gasteiger charge is 2.31. The molecule has 4 rings (SSSR count). The van der Waals surface area contributed by atoms with E-state index in [9.17, 15) is 9.18 Å². The minimum atomic E-state index is -0.579. The van der Waals surface area contributed by atoms with Gasteiger partial charge in [-0.25, -0.2) is 4.98 Å². The molecule has 3 aromatic heterocycles. The number of aryl methyl sites for hydroxylation is 2. The number of hydrogen-bond acceptors (Lipinski definition) is 3. The van der Waals surface area contributed by atoms with Crippen LogP contribution in [0.4, 0.5) is 4.39 Å². The normalized spacial score (nSPS) is 17.8. The zero-order valence-electron chi connectivity index (χ0n) is 14.8. The van der Waals surface area contributed by atoms with Crippen molar-refractivity contribution in [2.24, 2.45) is 0 Å². The Morgan fingerprint density at radius 3 is 3.04 bits per heavy atom. The molecule has 0 aromatic carbocycles. The number of imidazole rings is 1. The number of carbonyl (C=O) groups excluding carboxylic acids is 1. The minimum Gasteiger partial charge on any atom is -0.334 e. The lowest BCUT2D eigenvalue weighted by Gasteiger charge is -2.35. The summed E-state index contributed by atoms with van der Waals surface area (Å²) in [5.74, 6) is -0.890. The molecule has 136 valence electrons. The van der Waals surface area contributed by atoms with Crippen LogP contribution in [0.2, 0.25) is 0 Å². The molecule has 0 N–H and O–H groups in total. The predicted molar refractivity (Wildman–Crippen MR) is 95.4 cm³/mol. The molecule has 0 spiro atoms. The standard InChI is InChI=1S/C19H22FN5O/c1-14-6-7-16-22-17(18(20)25(16)13-14)19(26)24-11-3-2-5-15(24)8-12-23-10-4-9-21-23/h4,6-7,9-10,13,15H,2-3,5,8,11-12H2,1H3. The molecule has 0 bridgehead atoms. The van der Waals surface area contributed by atoms with Crippen LogP contribution in [-0.2, 0) is 6.54 Å². The quantitative estimate of drug-likeness (QED) is 0.723. The van der Waals surface area contributed by atoms with Crippen LogP contribution in [-0.4, -0.2) is 42.6 Å². The van der Waals surface area contributed by atoms with E-state index < -0.39 is 5.95 Å². The molecule has 0 aliphatic carbocycles. The third-order valence-corrected chi connectivity index (χ3v) is 5.05. The predicted octanol–water partition coefficient (Wildman–Crippen LogP) is 3.06. The second-order valence-corrected chi connectivity index (χ2v) is 6.89. The Bertz CT molecular complexity index is 918. The summed E-state index contributed by atoms with van der Waals surface area (Å²) in [6.07, 6.45) is 9.10. The van der Waals surface area contributed by atoms with E-state index in [1.807, 2.05) is 29.9 Å². The first-order valence-electron chi connectivity index (χ1n) is 9.06. The van der Waals surface area contributed by atoms with Crippen LogP contribution in [0.1, 0.15) is 41.7 Å². The highest BCUT2D eigenvalue weighted by molar-refractivity contribution is 5.93. The van der Waals surface area contributed by atoms with Crippen molar-refractivity contribution in [1.29, 1.82) is 0 Å². The van der Waals surface area contributed by atoms with Gasteiger partial charge < -0.3 is 4.90 Å². The number of rotatable bonds is 4. The van der Waals surface area contributed by atoms with Crippen molar-refractivity contribution in [3.05, 3.63) is 54.0 Å². The fourth-order valence-corrected chi connectivity index (χ4v) is 3.68. The van der Waals surface area contributed by atoms with E-state index in [4.69, 9.17) is 0 Å². The third kappa shape index (κ3) is 3.09. The van der Waals surface area contributed by atoms with Gasteiger partial charge in [0.1, 0.15) is 5.65 Å². The van der Waals surface area contributed by atoms with Gasteiger partial charge in [0.2, 0.25) is 5.95 Å². The van der Waals surface area contributed by atoms with Gasteiger partial charge >= 0.3 is 0 Å². The van der Waals surface area contributed by atoms with Crippen molar-refractivity contribution in [3.8, 4) is 0 Å². The molecule has 1 aliphatic heterocycles. The van der Waals surface area contributed by atoms with Gasteiger partial charge in [-0.05, 0) is 50.3 Å². The van der Waals surface area contributed by atoms with Crippen molar-refractivity contribution in [3.63, 3.8) is 0 Å². The maximum Gasteiger partial charge on any atom is 0.277 e. The Morgan fingerprint density at radius 1 is 1.35 bits per heavy atom. The first-order valence-corrected chi connectivity index (χ1v) is 9.06. The SMILES string of the molecule is Cc1ccc2nc(C(=O)N3CCCCC3CCn3cccn3)c(F)n2c1. The van der Waals surface area contributed by atoms with Gasteiger partial charge in [-0.15, -0.1) is 0 Å². The van der Waals surface area contributed by atoms with Crippen molar-refractivity contribution in [2.45, 2.75) is 45.2 Å². The number of likely N-dealkylation sites (tertiary alicyclic amines) is 1. The lowest BCUT2D eigenvalue weighted by molar-refractivity contribution is 0.0583. The van der Waals surface area contributed by atoms with Gasteiger partial charge in [0, 0.05) is 37.7 Å². The highest BCUT2D eigenvalue weighted by Crippen LogP contribution is 2.24. The number of fused-ring (bicyclic) bond motifs is 1. The second kappa shape index (κ2) is 6.90. The summed E-state index contributed by atoms with van der Waals surface area (Å²) in [5.41, 5.74) is 1.30. The van der Waals surface area contributed by atoms with Gasteiger partial charge in [0.05, 0.1) is 0 Å². The molecule has 4 heterocycles. The smallest absolute Gasteiger partial charge is 0.277 e. The van der Waals surface area contributed by atoms with Crippen molar-refractivity contribution >= 4 is 11.6 Å². The second-order valence-electron chi connectivity index (χ2n) is 6.89. The van der Waals surface area contributed by atoms with Gasteiger partial charge in [-0.2, -0.15) is 9.49 Å². The molecular formula is C19H22FN5O. The van der Waals surface area contributed by atoms with Crippen LogP contribution in [0.3, 0.4) is 0 Å². The average molecular weight is 355 g/mol. The highest BCUT2D eigenvalue weighted by atomic mass is 19.1. The summed E-state index contributed by atoms with van der Waals surface area (Å²) in [7, 11) is 0. The summed E-state index contributed by atoms with van der Waals surface area (Å²) in [4.78, 5) is 19.1. The average Bonchev–Trinajstić information content (AvgIpc) is 3.28. The van der Waals surface area contributed by atoms with E-state index >= 15 is 0 Å². The largest absolute Gasteiger partial charge is 0.334 e. The Labute approximate surface area is 151 Å². The van der Waals surface area contributed by atoms with Crippen molar-refractivity contribution in [1.82, 2.24) is 24.1 Å². The number of pyridine rings is 1. The van der Waals surface area contributed by atoms with E-state index in [1.54, 1.807) is 23.4 Å². The van der Waals surface area contributed by atoms with Crippen LogP contribution < -0.4 is 0 Å². The molecule has 1 unspecified atom stereocenters.